The van der Waals surface area contributed by atoms with Crippen molar-refractivity contribution in [3.63, 3.8) is 0 Å². The Morgan fingerprint density at radius 1 is 1.39 bits per heavy atom. The number of methoxy groups -OCH3 is 1. The number of likely N-dealkylation sites (tertiary alicyclic amines) is 1. The minimum atomic E-state index is 0.382. The largest absolute Gasteiger partial charge is 0.385 e. The van der Waals surface area contributed by atoms with Crippen molar-refractivity contribution in [2.24, 2.45) is 4.99 Å². The fourth-order valence-electron chi connectivity index (χ4n) is 2.77. The topological polar surface area (TPSA) is 46.1 Å². The van der Waals surface area contributed by atoms with Crippen molar-refractivity contribution in [1.29, 1.82) is 0 Å². The van der Waals surface area contributed by atoms with E-state index in [1.54, 1.807) is 7.11 Å². The van der Waals surface area contributed by atoms with Crippen LogP contribution >= 0.6 is 11.3 Å². The van der Waals surface area contributed by atoms with Crippen molar-refractivity contribution >= 4 is 17.3 Å². The van der Waals surface area contributed by atoms with E-state index in [-0.39, 0.29) is 0 Å². The third kappa shape index (κ3) is 6.49. The van der Waals surface area contributed by atoms with Crippen molar-refractivity contribution in [3.05, 3.63) is 22.4 Å². The van der Waals surface area contributed by atoms with Gasteiger partial charge in [0.15, 0.2) is 5.96 Å². The van der Waals surface area contributed by atoms with Crippen LogP contribution in [0.1, 0.15) is 24.1 Å². The lowest BCUT2D eigenvalue weighted by Gasteiger charge is -2.34. The Balaban J connectivity index is 1.64. The molecule has 0 atom stereocenters. The highest BCUT2D eigenvalue weighted by molar-refractivity contribution is 7.09. The fraction of sp³-hybridized carbons (Fsp3) is 0.706. The molecule has 1 aliphatic rings. The molecule has 2 rings (SSSR count). The molecule has 1 aromatic rings. The summed E-state index contributed by atoms with van der Waals surface area (Å²) in [6.45, 7) is 4.52. The highest BCUT2D eigenvalue weighted by Crippen LogP contribution is 2.14. The second-order valence-corrected chi connectivity index (χ2v) is 6.74. The molecule has 2 heterocycles. The third-order valence-corrected chi connectivity index (χ3v) is 4.97. The maximum atomic E-state index is 5.91. The van der Waals surface area contributed by atoms with Crippen molar-refractivity contribution in [1.82, 2.24) is 10.2 Å². The summed E-state index contributed by atoms with van der Waals surface area (Å²) < 4.78 is 11.0. The molecule has 0 spiro atoms. The molecule has 6 heteroatoms. The Kier molecular flexibility index (Phi) is 8.42. The number of nitrogens with one attached hydrogen (secondary N) is 1. The van der Waals surface area contributed by atoms with E-state index in [0.29, 0.717) is 6.10 Å². The van der Waals surface area contributed by atoms with E-state index in [1.807, 2.05) is 18.4 Å². The van der Waals surface area contributed by atoms with Gasteiger partial charge in [-0.05, 0) is 37.1 Å². The number of thiophene rings is 1. The van der Waals surface area contributed by atoms with Crippen molar-refractivity contribution < 1.29 is 9.47 Å². The predicted molar refractivity (Wildman–Crippen MR) is 96.4 cm³/mol. The van der Waals surface area contributed by atoms with Gasteiger partial charge in [-0.3, -0.25) is 4.99 Å². The second kappa shape index (κ2) is 10.6. The number of ether oxygens (including phenoxy) is 2. The maximum Gasteiger partial charge on any atom is 0.193 e. The number of hydrogen-bond acceptors (Lipinski definition) is 4. The van der Waals surface area contributed by atoms with E-state index in [2.05, 4.69) is 32.7 Å². The van der Waals surface area contributed by atoms with Crippen LogP contribution in [0.2, 0.25) is 0 Å². The van der Waals surface area contributed by atoms with Crippen molar-refractivity contribution in [2.45, 2.75) is 31.8 Å². The summed E-state index contributed by atoms with van der Waals surface area (Å²) in [7, 11) is 3.59. The molecule has 0 bridgehead atoms. The molecule has 130 valence electrons. The van der Waals surface area contributed by atoms with Crippen LogP contribution in [0.15, 0.2) is 22.5 Å². The number of piperidine rings is 1. The van der Waals surface area contributed by atoms with Gasteiger partial charge in [-0.2, -0.15) is 0 Å². The van der Waals surface area contributed by atoms with E-state index in [4.69, 9.17) is 9.47 Å². The first-order chi connectivity index (χ1) is 11.3. The van der Waals surface area contributed by atoms with Crippen LogP contribution in [0, 0.1) is 0 Å². The molecule has 1 N–H and O–H groups in total. The molecule has 0 aliphatic carbocycles. The van der Waals surface area contributed by atoms with Gasteiger partial charge >= 0.3 is 0 Å². The molecular formula is C17H29N3O2S. The monoisotopic (exact) mass is 339 g/mol. The zero-order valence-corrected chi connectivity index (χ0v) is 15.1. The lowest BCUT2D eigenvalue weighted by atomic mass is 10.1. The number of aliphatic imine (C=N–C) groups is 1. The quantitative estimate of drug-likeness (QED) is 0.449. The summed E-state index contributed by atoms with van der Waals surface area (Å²) in [5, 5.41) is 5.60. The zero-order valence-electron chi connectivity index (χ0n) is 14.3. The van der Waals surface area contributed by atoms with Gasteiger partial charge in [0.25, 0.3) is 0 Å². The minimum Gasteiger partial charge on any atom is -0.385 e. The Hall–Kier alpha value is -1.11. The molecular weight excluding hydrogens is 310 g/mol. The smallest absolute Gasteiger partial charge is 0.193 e. The van der Waals surface area contributed by atoms with Gasteiger partial charge in [-0.1, -0.05) is 6.07 Å². The van der Waals surface area contributed by atoms with Gasteiger partial charge in [0.1, 0.15) is 0 Å². The molecule has 0 radical (unpaired) electrons. The van der Waals surface area contributed by atoms with Crippen LogP contribution in [-0.2, 0) is 15.9 Å². The molecule has 0 unspecified atom stereocenters. The van der Waals surface area contributed by atoms with E-state index in [1.165, 1.54) is 4.88 Å². The van der Waals surface area contributed by atoms with Crippen LogP contribution in [0.3, 0.4) is 0 Å². The molecule has 0 saturated carbocycles. The highest BCUT2D eigenvalue weighted by atomic mass is 32.1. The molecule has 1 aromatic heterocycles. The molecule has 1 saturated heterocycles. The minimum absolute atomic E-state index is 0.382. The van der Waals surface area contributed by atoms with E-state index >= 15 is 0 Å². The third-order valence-electron chi connectivity index (χ3n) is 4.03. The van der Waals surface area contributed by atoms with Crippen LogP contribution < -0.4 is 5.32 Å². The number of hydrogen-bond donors (Lipinski definition) is 1. The lowest BCUT2D eigenvalue weighted by molar-refractivity contribution is 0.00992. The summed E-state index contributed by atoms with van der Waals surface area (Å²) in [6.07, 6.45) is 4.54. The van der Waals surface area contributed by atoms with Gasteiger partial charge in [-0.25, -0.2) is 0 Å². The first kappa shape index (κ1) is 18.2. The SMILES string of the molecule is CN=C(NCCc1cccs1)N1CCC(OCCCOC)CC1. The number of nitrogens with zero attached hydrogens (tertiary/aromatic N) is 2. The summed E-state index contributed by atoms with van der Waals surface area (Å²) >= 11 is 1.81. The molecule has 23 heavy (non-hydrogen) atoms. The molecule has 0 aromatic carbocycles. The Bertz CT molecular complexity index is 443. The van der Waals surface area contributed by atoms with E-state index < -0.39 is 0 Å². The lowest BCUT2D eigenvalue weighted by Crippen LogP contribution is -2.47. The summed E-state index contributed by atoms with van der Waals surface area (Å²) in [4.78, 5) is 8.17. The first-order valence-electron chi connectivity index (χ1n) is 8.42. The van der Waals surface area contributed by atoms with Crippen LogP contribution in [0.5, 0.6) is 0 Å². The number of rotatable bonds is 8. The molecule has 0 amide bonds. The average molecular weight is 340 g/mol. The standard InChI is InChI=1S/C17H29N3O2S/c1-18-17(19-9-6-16-5-3-14-23-16)20-10-7-15(8-11-20)22-13-4-12-21-2/h3,5,14-15H,4,6-13H2,1-2H3,(H,18,19). The van der Waals surface area contributed by atoms with Crippen LogP contribution in [0.25, 0.3) is 0 Å². The van der Waals surface area contributed by atoms with Crippen molar-refractivity contribution in [3.8, 4) is 0 Å². The molecule has 5 nitrogen and oxygen atoms in total. The fourth-order valence-corrected chi connectivity index (χ4v) is 3.48. The predicted octanol–water partition coefficient (Wildman–Crippen LogP) is 2.38. The Morgan fingerprint density at radius 2 is 2.22 bits per heavy atom. The average Bonchev–Trinajstić information content (AvgIpc) is 3.10. The van der Waals surface area contributed by atoms with Gasteiger partial charge in [0.05, 0.1) is 6.10 Å². The Morgan fingerprint density at radius 3 is 2.87 bits per heavy atom. The van der Waals surface area contributed by atoms with Crippen LogP contribution in [-0.4, -0.2) is 64.0 Å². The number of guanidine groups is 1. The van der Waals surface area contributed by atoms with Gasteiger partial charge in [0, 0.05) is 51.9 Å². The summed E-state index contributed by atoms with van der Waals surface area (Å²) in [5.74, 6) is 1.01. The first-order valence-corrected chi connectivity index (χ1v) is 9.30. The zero-order chi connectivity index (χ0) is 16.3. The Labute approximate surface area is 143 Å². The van der Waals surface area contributed by atoms with Gasteiger partial charge in [-0.15, -0.1) is 11.3 Å². The van der Waals surface area contributed by atoms with E-state index in [9.17, 15) is 0 Å². The molecule has 1 fully saturated rings. The van der Waals surface area contributed by atoms with Gasteiger partial charge in [0.2, 0.25) is 0 Å². The summed E-state index contributed by atoms with van der Waals surface area (Å²) in [5.41, 5.74) is 0. The normalized spacial score (nSPS) is 16.8. The van der Waals surface area contributed by atoms with Gasteiger partial charge < -0.3 is 19.7 Å². The van der Waals surface area contributed by atoms with Crippen LogP contribution in [0.4, 0.5) is 0 Å². The summed E-state index contributed by atoms with van der Waals surface area (Å²) in [6, 6.07) is 4.29. The molecule has 1 aliphatic heterocycles. The highest BCUT2D eigenvalue weighted by Gasteiger charge is 2.21. The van der Waals surface area contributed by atoms with E-state index in [0.717, 1.165) is 64.5 Å². The maximum absolute atomic E-state index is 5.91. The van der Waals surface area contributed by atoms with Crippen molar-refractivity contribution in [2.75, 3.05) is 47.0 Å². The second-order valence-electron chi connectivity index (χ2n) is 5.71.